The number of halogens is 1. The SMILES string of the molecule is CCCCCCCCCCCCCC(=O)OCOC(=O)N1c2ccc(Cl)cc2N=C(N2CCN(C)CC2)c2ccccc21. The molecule has 0 N–H and O–H groups in total. The lowest BCUT2D eigenvalue weighted by Gasteiger charge is -2.35. The lowest BCUT2D eigenvalue weighted by Crippen LogP contribution is -2.47. The lowest BCUT2D eigenvalue weighted by molar-refractivity contribution is -0.151. The number of para-hydroxylation sites is 1. The van der Waals surface area contributed by atoms with Crippen LogP contribution in [0.1, 0.15) is 89.5 Å². The van der Waals surface area contributed by atoms with Crippen molar-refractivity contribution >= 4 is 46.6 Å². The van der Waals surface area contributed by atoms with Gasteiger partial charge in [0.1, 0.15) is 5.84 Å². The third-order valence-electron chi connectivity index (χ3n) is 8.16. The Kier molecular flexibility index (Phi) is 13.2. The molecule has 0 aromatic heterocycles. The molecule has 2 aromatic rings. The minimum Gasteiger partial charge on any atom is -0.428 e. The highest BCUT2D eigenvalue weighted by Gasteiger charge is 2.31. The molecular formula is C34H47ClN4O4. The summed E-state index contributed by atoms with van der Waals surface area (Å²) in [5.74, 6) is 0.439. The molecule has 0 spiro atoms. The van der Waals surface area contributed by atoms with Gasteiger partial charge in [0.25, 0.3) is 0 Å². The van der Waals surface area contributed by atoms with Gasteiger partial charge in [-0.3, -0.25) is 4.79 Å². The van der Waals surface area contributed by atoms with Crippen molar-refractivity contribution in [3.63, 3.8) is 0 Å². The molecule has 1 fully saturated rings. The number of carbonyl (C=O) groups excluding carboxylic acids is 2. The average Bonchev–Trinajstić information content (AvgIpc) is 3.14. The number of fused-ring (bicyclic) bond motifs is 2. The zero-order valence-electron chi connectivity index (χ0n) is 25.9. The van der Waals surface area contributed by atoms with E-state index < -0.39 is 12.9 Å². The summed E-state index contributed by atoms with van der Waals surface area (Å²) in [6, 6.07) is 12.9. The van der Waals surface area contributed by atoms with Gasteiger partial charge in [-0.2, -0.15) is 0 Å². The fraction of sp³-hybridized carbons (Fsp3) is 0.559. The van der Waals surface area contributed by atoms with E-state index in [-0.39, 0.29) is 5.97 Å². The van der Waals surface area contributed by atoms with E-state index in [4.69, 9.17) is 26.1 Å². The molecule has 0 saturated carbocycles. The first-order valence-corrected chi connectivity index (χ1v) is 16.4. The summed E-state index contributed by atoms with van der Waals surface area (Å²) >= 11 is 6.36. The second-order valence-electron chi connectivity index (χ2n) is 11.5. The van der Waals surface area contributed by atoms with E-state index in [1.165, 1.54) is 56.3 Å². The van der Waals surface area contributed by atoms with Crippen molar-refractivity contribution in [2.45, 2.75) is 84.0 Å². The van der Waals surface area contributed by atoms with Crippen LogP contribution in [0.25, 0.3) is 0 Å². The number of hydrogen-bond acceptors (Lipinski definition) is 7. The minimum atomic E-state index is -0.645. The van der Waals surface area contributed by atoms with Gasteiger partial charge in [0, 0.05) is 43.2 Å². The molecule has 234 valence electrons. The number of piperazine rings is 1. The van der Waals surface area contributed by atoms with Crippen molar-refractivity contribution < 1.29 is 19.1 Å². The lowest BCUT2D eigenvalue weighted by atomic mass is 10.1. The second kappa shape index (κ2) is 17.3. The van der Waals surface area contributed by atoms with E-state index in [0.29, 0.717) is 28.5 Å². The second-order valence-corrected chi connectivity index (χ2v) is 12.0. The van der Waals surface area contributed by atoms with E-state index in [1.807, 2.05) is 24.3 Å². The monoisotopic (exact) mass is 610 g/mol. The van der Waals surface area contributed by atoms with Gasteiger partial charge in [-0.15, -0.1) is 0 Å². The molecule has 1 amide bonds. The number of nitrogens with zero attached hydrogens (tertiary/aromatic N) is 4. The molecular weight excluding hydrogens is 564 g/mol. The van der Waals surface area contributed by atoms with Gasteiger partial charge in [-0.25, -0.2) is 14.7 Å². The normalized spacial score (nSPS) is 14.9. The van der Waals surface area contributed by atoms with Crippen molar-refractivity contribution in [2.75, 3.05) is 44.9 Å². The summed E-state index contributed by atoms with van der Waals surface area (Å²) in [4.78, 5) is 36.9. The summed E-state index contributed by atoms with van der Waals surface area (Å²) in [5.41, 5.74) is 2.60. The van der Waals surface area contributed by atoms with Gasteiger partial charge >= 0.3 is 12.1 Å². The fourth-order valence-electron chi connectivity index (χ4n) is 5.61. The number of benzene rings is 2. The number of aliphatic imine (C=N–C) groups is 1. The van der Waals surface area contributed by atoms with Gasteiger partial charge in [0.2, 0.25) is 6.79 Å². The van der Waals surface area contributed by atoms with Crippen molar-refractivity contribution in [3.05, 3.63) is 53.1 Å². The Morgan fingerprint density at radius 3 is 2.16 bits per heavy atom. The van der Waals surface area contributed by atoms with Gasteiger partial charge in [-0.05, 0) is 43.8 Å². The highest BCUT2D eigenvalue weighted by atomic mass is 35.5. The summed E-state index contributed by atoms with van der Waals surface area (Å²) in [7, 11) is 2.11. The summed E-state index contributed by atoms with van der Waals surface area (Å²) < 4.78 is 10.8. The van der Waals surface area contributed by atoms with Crippen molar-refractivity contribution in [2.24, 2.45) is 4.99 Å². The number of likely N-dealkylation sites (N-methyl/N-ethyl adjacent to an activating group) is 1. The van der Waals surface area contributed by atoms with Crippen LogP contribution >= 0.6 is 11.6 Å². The van der Waals surface area contributed by atoms with Crippen LogP contribution in [0.3, 0.4) is 0 Å². The van der Waals surface area contributed by atoms with Crippen molar-refractivity contribution in [1.82, 2.24) is 9.80 Å². The molecule has 43 heavy (non-hydrogen) atoms. The van der Waals surface area contributed by atoms with Crippen molar-refractivity contribution in [3.8, 4) is 0 Å². The predicted molar refractivity (Wildman–Crippen MR) is 174 cm³/mol. The van der Waals surface area contributed by atoms with Crippen molar-refractivity contribution in [1.29, 1.82) is 0 Å². The Hall–Kier alpha value is -3.10. The number of unbranched alkanes of at least 4 members (excludes halogenated alkanes) is 10. The molecule has 0 atom stereocenters. The maximum absolute atomic E-state index is 13.5. The first kappa shape index (κ1) is 32.8. The summed E-state index contributed by atoms with van der Waals surface area (Å²) in [5, 5.41) is 0.524. The molecule has 0 radical (unpaired) electrons. The largest absolute Gasteiger partial charge is 0.428 e. The molecule has 8 nitrogen and oxygen atoms in total. The molecule has 0 bridgehead atoms. The third-order valence-corrected chi connectivity index (χ3v) is 8.40. The Morgan fingerprint density at radius 2 is 1.47 bits per heavy atom. The van der Waals surface area contributed by atoms with Crippen LogP contribution in [0.4, 0.5) is 21.9 Å². The maximum atomic E-state index is 13.5. The molecule has 1 saturated heterocycles. The van der Waals surface area contributed by atoms with Crippen LogP contribution in [0.2, 0.25) is 5.02 Å². The standard InChI is InChI=1S/C34H47ClN4O4/c1-3-4-5-6-7-8-9-10-11-12-13-18-32(40)42-26-43-34(41)39-30-17-15-14-16-28(30)33(38-23-21-37(2)22-24-38)36-29-25-27(35)19-20-31(29)39/h14-17,19-20,25H,3-13,18,21-24,26H2,1-2H3. The highest BCUT2D eigenvalue weighted by molar-refractivity contribution is 6.31. The highest BCUT2D eigenvalue weighted by Crippen LogP contribution is 2.41. The first-order chi connectivity index (χ1) is 21.0. The quantitative estimate of drug-likeness (QED) is 0.121. The van der Waals surface area contributed by atoms with Crippen LogP contribution < -0.4 is 4.90 Å². The van der Waals surface area contributed by atoms with Crippen LogP contribution in [-0.4, -0.2) is 67.7 Å². The number of amides is 1. The Morgan fingerprint density at radius 1 is 0.814 bits per heavy atom. The number of amidine groups is 1. The first-order valence-electron chi connectivity index (χ1n) is 16.0. The molecule has 9 heteroatoms. The summed E-state index contributed by atoms with van der Waals surface area (Å²) in [6.45, 7) is 5.27. The molecule has 0 aliphatic carbocycles. The fourth-order valence-corrected chi connectivity index (χ4v) is 5.78. The number of rotatable bonds is 14. The zero-order chi connectivity index (χ0) is 30.4. The topological polar surface area (TPSA) is 74.7 Å². The van der Waals surface area contributed by atoms with Crippen LogP contribution in [0.15, 0.2) is 47.5 Å². The van der Waals surface area contributed by atoms with E-state index in [1.54, 1.807) is 18.2 Å². The minimum absolute atomic E-state index is 0.324. The van der Waals surface area contributed by atoms with Gasteiger partial charge in [0.15, 0.2) is 0 Å². The number of carbonyl (C=O) groups is 2. The molecule has 2 aliphatic rings. The van der Waals surface area contributed by atoms with Gasteiger partial charge in [0.05, 0.1) is 17.1 Å². The molecule has 0 unspecified atom stereocenters. The number of hydrogen-bond donors (Lipinski definition) is 0. The molecule has 2 heterocycles. The molecule has 4 rings (SSSR count). The Balaban J connectivity index is 1.30. The Bertz CT molecular complexity index is 1230. The smallest absolute Gasteiger partial charge is 0.421 e. The molecule has 2 aliphatic heterocycles. The Labute approximate surface area is 262 Å². The van der Waals surface area contributed by atoms with Crippen LogP contribution in [0.5, 0.6) is 0 Å². The molecule has 2 aromatic carbocycles. The van der Waals surface area contributed by atoms with Gasteiger partial charge in [-0.1, -0.05) is 94.9 Å². The third kappa shape index (κ3) is 9.70. The van der Waals surface area contributed by atoms with E-state index in [0.717, 1.165) is 56.8 Å². The van der Waals surface area contributed by atoms with Crippen LogP contribution in [0, 0.1) is 0 Å². The van der Waals surface area contributed by atoms with E-state index >= 15 is 0 Å². The van der Waals surface area contributed by atoms with E-state index in [9.17, 15) is 9.59 Å². The predicted octanol–water partition coefficient (Wildman–Crippen LogP) is 8.46. The number of anilines is 2. The average molecular weight is 611 g/mol. The number of esters is 1. The maximum Gasteiger partial charge on any atom is 0.421 e. The number of ether oxygens (including phenoxy) is 2. The zero-order valence-corrected chi connectivity index (χ0v) is 26.6. The van der Waals surface area contributed by atoms with Crippen LogP contribution in [-0.2, 0) is 14.3 Å². The van der Waals surface area contributed by atoms with E-state index in [2.05, 4.69) is 23.8 Å². The van der Waals surface area contributed by atoms with Gasteiger partial charge < -0.3 is 19.3 Å². The summed E-state index contributed by atoms with van der Waals surface area (Å²) in [6.07, 6.45) is 13.0.